The van der Waals surface area contributed by atoms with E-state index >= 15 is 0 Å². The van der Waals surface area contributed by atoms with E-state index in [-0.39, 0.29) is 17.2 Å². The molecule has 0 saturated heterocycles. The Labute approximate surface area is 157 Å². The summed E-state index contributed by atoms with van der Waals surface area (Å²) in [7, 11) is 0. The van der Waals surface area contributed by atoms with Crippen LogP contribution in [-0.2, 0) is 4.79 Å². The molecule has 7 heteroatoms. The van der Waals surface area contributed by atoms with Crippen molar-refractivity contribution < 1.29 is 13.6 Å². The number of amides is 1. The largest absolute Gasteiger partial charge is 0.469 e. The number of aromatic nitrogens is 2. The average molecular weight is 375 g/mol. The highest BCUT2D eigenvalue weighted by molar-refractivity contribution is 8.00. The molecule has 1 N–H and O–H groups in total. The van der Waals surface area contributed by atoms with Crippen molar-refractivity contribution in [1.29, 1.82) is 0 Å². The molecule has 1 amide bonds. The lowest BCUT2D eigenvalue weighted by Gasteiger charge is -2.29. The lowest BCUT2D eigenvalue weighted by molar-refractivity contribution is -0.121. The third-order valence-electron chi connectivity index (χ3n) is 5.95. The molecule has 4 rings (SSSR count). The van der Waals surface area contributed by atoms with Crippen LogP contribution in [0.15, 0.2) is 26.4 Å². The summed E-state index contributed by atoms with van der Waals surface area (Å²) >= 11 is 1.29. The minimum Gasteiger partial charge on any atom is -0.469 e. The number of thioether (sulfide) groups is 1. The molecule has 5 atom stereocenters. The zero-order valence-corrected chi connectivity index (χ0v) is 16.2. The Bertz CT molecular complexity index is 787. The highest BCUT2D eigenvalue weighted by Crippen LogP contribution is 2.49. The minimum absolute atomic E-state index is 0.0320. The van der Waals surface area contributed by atoms with Gasteiger partial charge in [-0.2, -0.15) is 0 Å². The Balaban J connectivity index is 1.33. The number of furan rings is 1. The highest BCUT2D eigenvalue weighted by atomic mass is 32.2. The molecule has 0 aromatic carbocycles. The maximum absolute atomic E-state index is 12.6. The van der Waals surface area contributed by atoms with E-state index in [9.17, 15) is 4.79 Å². The minimum atomic E-state index is -0.283. The number of carbonyl (C=O) groups excluding carboxylic acids is 1. The first kappa shape index (κ1) is 17.6. The zero-order valence-electron chi connectivity index (χ0n) is 15.4. The van der Waals surface area contributed by atoms with Crippen LogP contribution in [0.3, 0.4) is 0 Å². The van der Waals surface area contributed by atoms with Crippen LogP contribution in [0.4, 0.5) is 0 Å². The molecule has 2 aromatic rings. The van der Waals surface area contributed by atoms with E-state index in [1.165, 1.54) is 37.4 Å². The van der Waals surface area contributed by atoms with Crippen LogP contribution in [0.2, 0.25) is 0 Å². The van der Waals surface area contributed by atoms with Gasteiger partial charge in [0.05, 0.1) is 17.1 Å². The van der Waals surface area contributed by atoms with Crippen molar-refractivity contribution in [2.75, 3.05) is 0 Å². The van der Waals surface area contributed by atoms with E-state index < -0.39 is 0 Å². The van der Waals surface area contributed by atoms with Gasteiger partial charge in [-0.25, -0.2) is 0 Å². The molecular formula is C19H25N3O3S. The average Bonchev–Trinajstić information content (AvgIpc) is 3.38. The molecule has 2 aliphatic carbocycles. The zero-order chi connectivity index (χ0) is 18.3. The number of nitrogens with one attached hydrogen (secondary N) is 1. The molecule has 140 valence electrons. The second kappa shape index (κ2) is 7.10. The van der Waals surface area contributed by atoms with E-state index in [1.807, 2.05) is 13.8 Å². The number of carbonyl (C=O) groups is 1. The summed E-state index contributed by atoms with van der Waals surface area (Å²) in [4.78, 5) is 12.6. The van der Waals surface area contributed by atoms with Crippen molar-refractivity contribution in [1.82, 2.24) is 15.5 Å². The molecule has 2 saturated carbocycles. The first-order chi connectivity index (χ1) is 12.5. The summed E-state index contributed by atoms with van der Waals surface area (Å²) < 4.78 is 10.9. The topological polar surface area (TPSA) is 81.2 Å². The number of aryl methyl sites for hydroxylation is 1. The van der Waals surface area contributed by atoms with Crippen molar-refractivity contribution in [3.05, 3.63) is 18.1 Å². The Hall–Kier alpha value is -1.76. The van der Waals surface area contributed by atoms with Crippen LogP contribution in [0.25, 0.3) is 11.5 Å². The molecule has 6 nitrogen and oxygen atoms in total. The van der Waals surface area contributed by atoms with Gasteiger partial charge >= 0.3 is 0 Å². The van der Waals surface area contributed by atoms with Gasteiger partial charge in [0.25, 0.3) is 11.1 Å². The van der Waals surface area contributed by atoms with Crippen molar-refractivity contribution in [2.24, 2.45) is 17.8 Å². The Morgan fingerprint density at radius 3 is 2.81 bits per heavy atom. The standard InChI is InChI=1S/C19H25N3O3S/c1-10(16-9-13-4-5-14(16)8-13)20-17(23)12(3)26-19-22-21-18(25-19)15-6-7-24-11(15)2/h6-7,10,12-14,16H,4-5,8-9H2,1-3H3,(H,20,23)/t10-,12+,13-,14-,16+/m0/s1. The molecule has 0 spiro atoms. The van der Waals surface area contributed by atoms with E-state index in [1.54, 1.807) is 12.3 Å². The number of hydrogen-bond acceptors (Lipinski definition) is 6. The second-order valence-corrected chi connectivity index (χ2v) is 8.95. The second-order valence-electron chi connectivity index (χ2n) is 7.66. The van der Waals surface area contributed by atoms with Crippen molar-refractivity contribution in [3.63, 3.8) is 0 Å². The molecule has 0 unspecified atom stereocenters. The predicted molar refractivity (Wildman–Crippen MR) is 98.6 cm³/mol. The first-order valence-electron chi connectivity index (χ1n) is 9.36. The van der Waals surface area contributed by atoms with E-state index in [0.717, 1.165) is 23.2 Å². The van der Waals surface area contributed by atoms with Crippen LogP contribution in [-0.4, -0.2) is 27.4 Å². The number of rotatable bonds is 6. The molecule has 2 bridgehead atoms. The highest BCUT2D eigenvalue weighted by Gasteiger charge is 2.42. The van der Waals surface area contributed by atoms with Crippen molar-refractivity contribution in [3.8, 4) is 11.5 Å². The lowest BCUT2D eigenvalue weighted by Crippen LogP contribution is -2.43. The molecule has 26 heavy (non-hydrogen) atoms. The Morgan fingerprint density at radius 1 is 1.31 bits per heavy atom. The van der Waals surface area contributed by atoms with Gasteiger partial charge in [0.2, 0.25) is 5.91 Å². The molecule has 0 radical (unpaired) electrons. The molecule has 2 heterocycles. The summed E-state index contributed by atoms with van der Waals surface area (Å²) in [5, 5.41) is 11.4. The van der Waals surface area contributed by atoms with Crippen LogP contribution < -0.4 is 5.32 Å². The number of nitrogens with zero attached hydrogens (tertiary/aromatic N) is 2. The van der Waals surface area contributed by atoms with Crippen LogP contribution in [0, 0.1) is 24.7 Å². The smallest absolute Gasteiger partial charge is 0.277 e. The monoisotopic (exact) mass is 375 g/mol. The molecule has 2 fully saturated rings. The number of fused-ring (bicyclic) bond motifs is 2. The fourth-order valence-electron chi connectivity index (χ4n) is 4.53. The van der Waals surface area contributed by atoms with Crippen molar-refractivity contribution in [2.45, 2.75) is 63.0 Å². The Kier molecular flexibility index (Phi) is 4.82. The molecular weight excluding hydrogens is 350 g/mol. The van der Waals surface area contributed by atoms with E-state index in [2.05, 4.69) is 22.4 Å². The van der Waals surface area contributed by atoms with Gasteiger partial charge in [-0.15, -0.1) is 10.2 Å². The molecule has 2 aliphatic rings. The SMILES string of the molecule is Cc1occc1-c1nnc(S[C@H](C)C(=O)N[C@@H](C)[C@H]2C[C@H]3CC[C@H]2C3)o1. The summed E-state index contributed by atoms with van der Waals surface area (Å²) in [5.41, 5.74) is 0.784. The summed E-state index contributed by atoms with van der Waals surface area (Å²) in [6, 6.07) is 2.03. The summed E-state index contributed by atoms with van der Waals surface area (Å²) in [6.07, 6.45) is 6.93. The van der Waals surface area contributed by atoms with Crippen molar-refractivity contribution >= 4 is 17.7 Å². The normalized spacial score (nSPS) is 26.8. The summed E-state index contributed by atoms with van der Waals surface area (Å²) in [5.74, 6) is 3.50. The first-order valence-corrected chi connectivity index (χ1v) is 10.2. The fourth-order valence-corrected chi connectivity index (χ4v) is 5.23. The number of hydrogen-bond donors (Lipinski definition) is 1. The third-order valence-corrected chi connectivity index (χ3v) is 6.88. The van der Waals surface area contributed by atoms with Gasteiger partial charge in [-0.1, -0.05) is 18.2 Å². The summed E-state index contributed by atoms with van der Waals surface area (Å²) in [6.45, 7) is 5.87. The fraction of sp³-hybridized carbons (Fsp3) is 0.632. The van der Waals surface area contributed by atoms with Gasteiger partial charge in [0.1, 0.15) is 5.76 Å². The predicted octanol–water partition coefficient (Wildman–Crippen LogP) is 4.06. The maximum atomic E-state index is 12.6. The van der Waals surface area contributed by atoms with Gasteiger partial charge in [0, 0.05) is 6.04 Å². The van der Waals surface area contributed by atoms with E-state index in [4.69, 9.17) is 8.83 Å². The third kappa shape index (κ3) is 3.41. The Morgan fingerprint density at radius 2 is 2.15 bits per heavy atom. The van der Waals surface area contributed by atoms with Gasteiger partial charge in [-0.05, 0) is 63.9 Å². The molecule has 0 aliphatic heterocycles. The van der Waals surface area contributed by atoms with E-state index in [0.29, 0.717) is 17.0 Å². The lowest BCUT2D eigenvalue weighted by atomic mass is 9.84. The maximum Gasteiger partial charge on any atom is 0.277 e. The molecule has 2 aromatic heterocycles. The van der Waals surface area contributed by atoms with Crippen LogP contribution in [0.1, 0.15) is 45.3 Å². The van der Waals surface area contributed by atoms with Crippen LogP contribution >= 0.6 is 11.8 Å². The quantitative estimate of drug-likeness (QED) is 0.767. The van der Waals surface area contributed by atoms with Gasteiger partial charge in [-0.3, -0.25) is 4.79 Å². The van der Waals surface area contributed by atoms with Gasteiger partial charge < -0.3 is 14.2 Å². The van der Waals surface area contributed by atoms with Crippen LogP contribution in [0.5, 0.6) is 0 Å². The van der Waals surface area contributed by atoms with Gasteiger partial charge in [0.15, 0.2) is 0 Å².